The molecule has 0 unspecified atom stereocenters. The van der Waals surface area contributed by atoms with E-state index in [0.717, 1.165) is 0 Å². The summed E-state index contributed by atoms with van der Waals surface area (Å²) in [5.74, 6) is 0.653. The van der Waals surface area contributed by atoms with Crippen molar-refractivity contribution in [3.8, 4) is 0 Å². The molecular formula is C11H15N5O2. The van der Waals surface area contributed by atoms with Gasteiger partial charge in [-0.1, -0.05) is 0 Å². The van der Waals surface area contributed by atoms with E-state index in [1.807, 2.05) is 13.8 Å². The molecule has 96 valence electrons. The first-order chi connectivity index (χ1) is 8.58. The molecule has 7 heteroatoms. The van der Waals surface area contributed by atoms with Gasteiger partial charge in [-0.3, -0.25) is 9.48 Å². The second-order valence-corrected chi connectivity index (χ2v) is 4.15. The summed E-state index contributed by atoms with van der Waals surface area (Å²) in [5, 5.41) is 14.3. The normalized spacial score (nSPS) is 10.9. The molecule has 0 radical (unpaired) electrons. The first-order valence-electron chi connectivity index (χ1n) is 5.68. The van der Waals surface area contributed by atoms with Crippen LogP contribution in [-0.2, 0) is 6.54 Å². The lowest BCUT2D eigenvalue weighted by atomic mass is 10.3. The topological polar surface area (TPSA) is 85.8 Å². The molecule has 0 fully saturated rings. The Morgan fingerprint density at radius 3 is 2.89 bits per heavy atom. The number of rotatable bonds is 4. The van der Waals surface area contributed by atoms with Crippen molar-refractivity contribution in [2.45, 2.75) is 33.4 Å². The number of aromatic nitrogens is 4. The Morgan fingerprint density at radius 1 is 1.50 bits per heavy atom. The summed E-state index contributed by atoms with van der Waals surface area (Å²) < 4.78 is 6.83. The molecule has 0 bridgehead atoms. The minimum atomic E-state index is -0.211. The van der Waals surface area contributed by atoms with Crippen LogP contribution in [0, 0.1) is 6.92 Å². The predicted octanol–water partition coefficient (Wildman–Crippen LogP) is 1.09. The van der Waals surface area contributed by atoms with Gasteiger partial charge < -0.3 is 9.73 Å². The van der Waals surface area contributed by atoms with Crippen molar-refractivity contribution in [2.75, 3.05) is 0 Å². The van der Waals surface area contributed by atoms with Gasteiger partial charge in [0.05, 0.1) is 6.54 Å². The highest BCUT2D eigenvalue weighted by Gasteiger charge is 2.14. The van der Waals surface area contributed by atoms with E-state index in [1.165, 1.54) is 0 Å². The molecule has 0 aliphatic rings. The van der Waals surface area contributed by atoms with Gasteiger partial charge in [-0.2, -0.15) is 5.10 Å². The van der Waals surface area contributed by atoms with E-state index in [0.29, 0.717) is 17.5 Å². The second-order valence-electron chi connectivity index (χ2n) is 4.15. The van der Waals surface area contributed by atoms with Crippen LogP contribution in [0.3, 0.4) is 0 Å². The molecule has 7 nitrogen and oxygen atoms in total. The third-order valence-electron chi connectivity index (χ3n) is 2.36. The number of carbonyl (C=O) groups excluding carboxylic acids is 1. The van der Waals surface area contributed by atoms with Gasteiger partial charge in [0.1, 0.15) is 5.69 Å². The predicted molar refractivity (Wildman–Crippen MR) is 62.8 cm³/mol. The molecule has 1 N–H and O–H groups in total. The number of hydrogen-bond acceptors (Lipinski definition) is 5. The first kappa shape index (κ1) is 12.3. The molecule has 0 saturated carbocycles. The number of nitrogens with one attached hydrogen (secondary N) is 1. The van der Waals surface area contributed by atoms with Crippen LogP contribution in [0.15, 0.2) is 16.7 Å². The van der Waals surface area contributed by atoms with Crippen LogP contribution in [-0.4, -0.2) is 25.9 Å². The van der Waals surface area contributed by atoms with E-state index < -0.39 is 0 Å². The summed E-state index contributed by atoms with van der Waals surface area (Å²) in [6.45, 7) is 5.84. The number of carbonyl (C=O) groups is 1. The smallest absolute Gasteiger partial charge is 0.269 e. The van der Waals surface area contributed by atoms with Crippen molar-refractivity contribution in [2.24, 2.45) is 0 Å². The minimum absolute atomic E-state index is 0.131. The fourth-order valence-corrected chi connectivity index (χ4v) is 1.56. The number of hydrogen-bond donors (Lipinski definition) is 1. The highest BCUT2D eigenvalue weighted by Crippen LogP contribution is 2.08. The minimum Gasteiger partial charge on any atom is -0.424 e. The standard InChI is InChI=1S/C11H15N5O2/c1-7(2)16-9(4-5-13-16)11(17)12-6-10-15-14-8(3)18-10/h4-5,7H,6H2,1-3H3,(H,12,17). The summed E-state index contributed by atoms with van der Waals surface area (Å²) in [4.78, 5) is 11.9. The van der Waals surface area contributed by atoms with Crippen LogP contribution >= 0.6 is 0 Å². The zero-order valence-electron chi connectivity index (χ0n) is 10.5. The average molecular weight is 249 g/mol. The number of aryl methyl sites for hydroxylation is 1. The largest absolute Gasteiger partial charge is 0.424 e. The van der Waals surface area contributed by atoms with Crippen molar-refractivity contribution in [1.29, 1.82) is 0 Å². The number of amides is 1. The summed E-state index contributed by atoms with van der Waals surface area (Å²) in [5.41, 5.74) is 0.515. The zero-order valence-corrected chi connectivity index (χ0v) is 10.5. The van der Waals surface area contributed by atoms with Crippen LogP contribution in [0.1, 0.15) is 42.2 Å². The van der Waals surface area contributed by atoms with Gasteiger partial charge in [-0.25, -0.2) is 0 Å². The van der Waals surface area contributed by atoms with Gasteiger partial charge in [0.25, 0.3) is 5.91 Å². The van der Waals surface area contributed by atoms with Crippen molar-refractivity contribution in [3.05, 3.63) is 29.7 Å². The Labute approximate surface area is 104 Å². The molecule has 0 atom stereocenters. The van der Waals surface area contributed by atoms with Crippen LogP contribution in [0.2, 0.25) is 0 Å². The quantitative estimate of drug-likeness (QED) is 0.876. The third kappa shape index (κ3) is 2.55. The highest BCUT2D eigenvalue weighted by atomic mass is 16.4. The Hall–Kier alpha value is -2.18. The van der Waals surface area contributed by atoms with Crippen molar-refractivity contribution >= 4 is 5.91 Å². The molecule has 0 aliphatic carbocycles. The fraction of sp³-hybridized carbons (Fsp3) is 0.455. The van der Waals surface area contributed by atoms with Crippen LogP contribution in [0.25, 0.3) is 0 Å². The lowest BCUT2D eigenvalue weighted by Gasteiger charge is -2.10. The zero-order chi connectivity index (χ0) is 13.1. The van der Waals surface area contributed by atoms with E-state index in [4.69, 9.17) is 4.42 Å². The molecule has 2 aromatic heterocycles. The van der Waals surface area contributed by atoms with Gasteiger partial charge in [-0.05, 0) is 19.9 Å². The lowest BCUT2D eigenvalue weighted by molar-refractivity contribution is 0.0934. The summed E-state index contributed by atoms with van der Waals surface area (Å²) in [6, 6.07) is 1.81. The number of nitrogens with zero attached hydrogens (tertiary/aromatic N) is 4. The average Bonchev–Trinajstić information content (AvgIpc) is 2.94. The van der Waals surface area contributed by atoms with Gasteiger partial charge in [0, 0.05) is 19.2 Å². The molecule has 0 saturated heterocycles. The molecular weight excluding hydrogens is 234 g/mol. The van der Waals surface area contributed by atoms with Crippen molar-refractivity contribution < 1.29 is 9.21 Å². The third-order valence-corrected chi connectivity index (χ3v) is 2.36. The second kappa shape index (κ2) is 4.99. The monoisotopic (exact) mass is 249 g/mol. The molecule has 0 aromatic carbocycles. The molecule has 2 aromatic rings. The van der Waals surface area contributed by atoms with Gasteiger partial charge in [-0.15, -0.1) is 10.2 Å². The van der Waals surface area contributed by atoms with E-state index >= 15 is 0 Å². The van der Waals surface area contributed by atoms with Crippen LogP contribution in [0.4, 0.5) is 0 Å². The molecule has 1 amide bonds. The summed E-state index contributed by atoms with van der Waals surface area (Å²) in [7, 11) is 0. The molecule has 2 rings (SSSR count). The van der Waals surface area contributed by atoms with Gasteiger partial charge in [0.15, 0.2) is 0 Å². The fourth-order valence-electron chi connectivity index (χ4n) is 1.56. The van der Waals surface area contributed by atoms with E-state index in [-0.39, 0.29) is 18.5 Å². The van der Waals surface area contributed by atoms with Crippen LogP contribution < -0.4 is 5.32 Å². The molecule has 0 aliphatic heterocycles. The summed E-state index contributed by atoms with van der Waals surface area (Å²) >= 11 is 0. The SMILES string of the molecule is Cc1nnc(CNC(=O)c2ccnn2C(C)C)o1. The van der Waals surface area contributed by atoms with Crippen LogP contribution in [0.5, 0.6) is 0 Å². The molecule has 2 heterocycles. The van der Waals surface area contributed by atoms with Gasteiger partial charge in [0.2, 0.25) is 11.8 Å². The Balaban J connectivity index is 2.01. The lowest BCUT2D eigenvalue weighted by Crippen LogP contribution is -2.26. The first-order valence-corrected chi connectivity index (χ1v) is 5.68. The van der Waals surface area contributed by atoms with Crippen molar-refractivity contribution in [3.63, 3.8) is 0 Å². The van der Waals surface area contributed by atoms with E-state index in [9.17, 15) is 4.79 Å². The Kier molecular flexibility index (Phi) is 3.40. The van der Waals surface area contributed by atoms with E-state index in [1.54, 1.807) is 23.9 Å². The molecule has 18 heavy (non-hydrogen) atoms. The van der Waals surface area contributed by atoms with Gasteiger partial charge >= 0.3 is 0 Å². The maximum absolute atomic E-state index is 11.9. The summed E-state index contributed by atoms with van der Waals surface area (Å²) in [6.07, 6.45) is 1.60. The Bertz CT molecular complexity index is 543. The van der Waals surface area contributed by atoms with E-state index in [2.05, 4.69) is 20.6 Å². The maximum atomic E-state index is 11.9. The molecule has 0 spiro atoms. The Morgan fingerprint density at radius 2 is 2.28 bits per heavy atom. The maximum Gasteiger partial charge on any atom is 0.269 e. The highest BCUT2D eigenvalue weighted by molar-refractivity contribution is 5.92. The van der Waals surface area contributed by atoms with Crippen molar-refractivity contribution in [1.82, 2.24) is 25.3 Å².